The summed E-state index contributed by atoms with van der Waals surface area (Å²) in [6.07, 6.45) is 0.809. The van der Waals surface area contributed by atoms with Crippen LogP contribution in [0.25, 0.3) is 0 Å². The minimum Gasteiger partial charge on any atom is -0.493 e. The van der Waals surface area contributed by atoms with Gasteiger partial charge in [0.1, 0.15) is 6.61 Å². The molecule has 0 bridgehead atoms. The lowest BCUT2D eigenvalue weighted by molar-refractivity contribution is 0.185. The highest BCUT2D eigenvalue weighted by Gasteiger charge is 2.31. The van der Waals surface area contributed by atoms with Gasteiger partial charge in [-0.3, -0.25) is 0 Å². The van der Waals surface area contributed by atoms with E-state index in [9.17, 15) is 0 Å². The molecule has 1 atom stereocenters. The molecule has 0 spiro atoms. The minimum atomic E-state index is -0.152. The molecule has 34 heavy (non-hydrogen) atoms. The molecule has 1 aliphatic heterocycles. The Morgan fingerprint density at radius 1 is 0.941 bits per heavy atom. The summed E-state index contributed by atoms with van der Waals surface area (Å²) in [6.45, 7) is 1.09. The SMILES string of the molecule is COc1cc2c(cc1OC)[C@@H](COc1ccccc1OC)N(C(=S)Nc1ccc(Cl)cc1)CC2. The van der Waals surface area contributed by atoms with E-state index >= 15 is 0 Å². The Morgan fingerprint density at radius 3 is 2.26 bits per heavy atom. The summed E-state index contributed by atoms with van der Waals surface area (Å²) in [7, 11) is 4.91. The quantitative estimate of drug-likeness (QED) is 0.417. The largest absolute Gasteiger partial charge is 0.493 e. The van der Waals surface area contributed by atoms with Crippen molar-refractivity contribution in [1.82, 2.24) is 4.90 Å². The number of rotatable bonds is 7. The summed E-state index contributed by atoms with van der Waals surface area (Å²) >= 11 is 11.9. The Bertz CT molecular complexity index is 1160. The van der Waals surface area contributed by atoms with Crippen LogP contribution in [0.3, 0.4) is 0 Å². The number of thiocarbonyl (C=S) groups is 1. The van der Waals surface area contributed by atoms with Gasteiger partial charge in [-0.15, -0.1) is 0 Å². The van der Waals surface area contributed by atoms with Crippen LogP contribution in [0, 0.1) is 0 Å². The summed E-state index contributed by atoms with van der Waals surface area (Å²) in [4.78, 5) is 2.15. The van der Waals surface area contributed by atoms with Gasteiger partial charge >= 0.3 is 0 Å². The number of anilines is 1. The third-order valence-electron chi connectivity index (χ3n) is 5.82. The van der Waals surface area contributed by atoms with Gasteiger partial charge in [0, 0.05) is 17.3 Å². The Hall–Kier alpha value is -3.16. The molecule has 0 unspecified atom stereocenters. The van der Waals surface area contributed by atoms with Crippen LogP contribution in [0.4, 0.5) is 5.69 Å². The number of nitrogens with one attached hydrogen (secondary N) is 1. The number of nitrogens with zero attached hydrogens (tertiary/aromatic N) is 1. The zero-order valence-electron chi connectivity index (χ0n) is 19.3. The van der Waals surface area contributed by atoms with E-state index in [4.69, 9.17) is 42.8 Å². The third-order valence-corrected chi connectivity index (χ3v) is 6.41. The van der Waals surface area contributed by atoms with Crippen LogP contribution >= 0.6 is 23.8 Å². The molecular formula is C26H27ClN2O4S. The smallest absolute Gasteiger partial charge is 0.174 e. The second-order valence-electron chi connectivity index (χ2n) is 7.76. The fourth-order valence-corrected chi connectivity index (χ4v) is 4.55. The van der Waals surface area contributed by atoms with Crippen LogP contribution in [0.1, 0.15) is 17.2 Å². The number of fused-ring (bicyclic) bond motifs is 1. The van der Waals surface area contributed by atoms with Crippen LogP contribution < -0.4 is 24.3 Å². The molecule has 8 heteroatoms. The highest BCUT2D eigenvalue weighted by atomic mass is 35.5. The molecule has 0 saturated carbocycles. The van der Waals surface area contributed by atoms with Gasteiger partial charge in [0.15, 0.2) is 28.1 Å². The Morgan fingerprint density at radius 2 is 1.59 bits per heavy atom. The van der Waals surface area contributed by atoms with E-state index < -0.39 is 0 Å². The van der Waals surface area contributed by atoms with Gasteiger partial charge in [0.2, 0.25) is 0 Å². The standard InChI is InChI=1S/C26H27ClN2O4S/c1-30-22-6-4-5-7-23(22)33-16-21-20-15-25(32-3)24(31-2)14-17(20)12-13-29(21)26(34)28-19-10-8-18(27)9-11-19/h4-11,14-15,21H,12-13,16H2,1-3H3,(H,28,34)/t21-/m1/s1. The van der Waals surface area contributed by atoms with Gasteiger partial charge in [0.25, 0.3) is 0 Å². The highest BCUT2D eigenvalue weighted by Crippen LogP contribution is 2.39. The second-order valence-corrected chi connectivity index (χ2v) is 8.59. The van der Waals surface area contributed by atoms with Crippen molar-refractivity contribution in [2.24, 2.45) is 0 Å². The average molecular weight is 499 g/mol. The van der Waals surface area contributed by atoms with E-state index in [0.717, 1.165) is 24.2 Å². The molecule has 0 aromatic heterocycles. The summed E-state index contributed by atoms with van der Waals surface area (Å²) in [6, 6.07) is 19.0. The van der Waals surface area contributed by atoms with Crippen molar-refractivity contribution in [1.29, 1.82) is 0 Å². The molecule has 0 radical (unpaired) electrons. The summed E-state index contributed by atoms with van der Waals surface area (Å²) in [5.41, 5.74) is 3.13. The molecular weight excluding hydrogens is 472 g/mol. The summed E-state index contributed by atoms with van der Waals surface area (Å²) in [5.74, 6) is 2.73. The molecule has 1 N–H and O–H groups in total. The van der Waals surface area contributed by atoms with E-state index in [0.29, 0.717) is 39.7 Å². The molecule has 0 fully saturated rings. The molecule has 6 nitrogen and oxygen atoms in total. The van der Waals surface area contributed by atoms with Gasteiger partial charge in [-0.2, -0.15) is 0 Å². The lowest BCUT2D eigenvalue weighted by Crippen LogP contribution is -2.44. The monoisotopic (exact) mass is 498 g/mol. The van der Waals surface area contributed by atoms with Crippen LogP contribution in [0.15, 0.2) is 60.7 Å². The maximum atomic E-state index is 6.26. The molecule has 3 aromatic rings. The van der Waals surface area contributed by atoms with Crippen LogP contribution in [-0.2, 0) is 6.42 Å². The first-order valence-corrected chi connectivity index (χ1v) is 11.7. The fourth-order valence-electron chi connectivity index (χ4n) is 4.09. The van der Waals surface area contributed by atoms with E-state index in [1.807, 2.05) is 60.7 Å². The van der Waals surface area contributed by atoms with Crippen molar-refractivity contribution in [3.8, 4) is 23.0 Å². The topological polar surface area (TPSA) is 52.2 Å². The van der Waals surface area contributed by atoms with Gasteiger partial charge in [-0.1, -0.05) is 23.7 Å². The van der Waals surface area contributed by atoms with Crippen LogP contribution in [0.2, 0.25) is 5.02 Å². The maximum absolute atomic E-state index is 6.26. The molecule has 1 heterocycles. The number of halogens is 1. The zero-order chi connectivity index (χ0) is 24.1. The number of methoxy groups -OCH3 is 3. The third kappa shape index (κ3) is 5.16. The van der Waals surface area contributed by atoms with E-state index in [1.54, 1.807) is 21.3 Å². The molecule has 1 aliphatic rings. The Balaban J connectivity index is 1.66. The van der Waals surface area contributed by atoms with Gasteiger partial charge in [0.05, 0.1) is 27.4 Å². The Labute approximate surface area is 210 Å². The van der Waals surface area contributed by atoms with Crippen molar-refractivity contribution in [2.45, 2.75) is 12.5 Å². The van der Waals surface area contributed by atoms with E-state index in [1.165, 1.54) is 5.56 Å². The fraction of sp³-hybridized carbons (Fsp3) is 0.269. The second kappa shape index (κ2) is 10.8. The van der Waals surface area contributed by atoms with Crippen molar-refractivity contribution >= 4 is 34.6 Å². The zero-order valence-corrected chi connectivity index (χ0v) is 20.9. The van der Waals surface area contributed by atoms with E-state index in [2.05, 4.69) is 10.2 Å². The molecule has 178 valence electrons. The number of ether oxygens (including phenoxy) is 4. The van der Waals surface area contributed by atoms with Crippen LogP contribution in [-0.4, -0.2) is 44.5 Å². The molecule has 0 amide bonds. The van der Waals surface area contributed by atoms with Crippen molar-refractivity contribution in [2.75, 3.05) is 39.8 Å². The number of para-hydroxylation sites is 2. The Kier molecular flexibility index (Phi) is 7.65. The van der Waals surface area contributed by atoms with Crippen LogP contribution in [0.5, 0.6) is 23.0 Å². The summed E-state index contributed by atoms with van der Waals surface area (Å²) in [5, 5.41) is 4.62. The first-order chi connectivity index (χ1) is 16.5. The van der Waals surface area contributed by atoms with Crippen molar-refractivity contribution in [3.63, 3.8) is 0 Å². The molecule has 0 aliphatic carbocycles. The molecule has 3 aromatic carbocycles. The molecule has 4 rings (SSSR count). The van der Waals surface area contributed by atoms with Crippen molar-refractivity contribution in [3.05, 3.63) is 76.8 Å². The van der Waals surface area contributed by atoms with E-state index in [-0.39, 0.29) is 6.04 Å². The van der Waals surface area contributed by atoms with Gasteiger partial charge < -0.3 is 29.2 Å². The first-order valence-electron chi connectivity index (χ1n) is 10.9. The number of hydrogen-bond donors (Lipinski definition) is 1. The normalized spacial score (nSPS) is 14.7. The number of benzene rings is 3. The first kappa shape index (κ1) is 24.0. The number of hydrogen-bond acceptors (Lipinski definition) is 5. The van der Waals surface area contributed by atoms with Gasteiger partial charge in [-0.25, -0.2) is 0 Å². The molecule has 0 saturated heterocycles. The van der Waals surface area contributed by atoms with Crippen molar-refractivity contribution < 1.29 is 18.9 Å². The highest BCUT2D eigenvalue weighted by molar-refractivity contribution is 7.80. The predicted octanol–water partition coefficient (Wildman–Crippen LogP) is 5.74. The minimum absolute atomic E-state index is 0.152. The predicted molar refractivity (Wildman–Crippen MR) is 139 cm³/mol. The summed E-state index contributed by atoms with van der Waals surface area (Å²) < 4.78 is 22.8. The average Bonchev–Trinajstić information content (AvgIpc) is 2.87. The lowest BCUT2D eigenvalue weighted by Gasteiger charge is -2.39. The van der Waals surface area contributed by atoms with Gasteiger partial charge in [-0.05, 0) is 78.3 Å². The lowest BCUT2D eigenvalue weighted by atomic mass is 9.92. The maximum Gasteiger partial charge on any atom is 0.174 e.